The number of carbonyl (C=O) groups excluding carboxylic acids is 1. The van der Waals surface area contributed by atoms with Crippen LogP contribution in [0.25, 0.3) is 5.57 Å². The van der Waals surface area contributed by atoms with Gasteiger partial charge >= 0.3 is 6.09 Å². The molecular formula is C33H45N3O6. The zero-order chi connectivity index (χ0) is 30.4. The first-order chi connectivity index (χ1) is 20.1. The maximum Gasteiger partial charge on any atom is 0.410 e. The zero-order valence-corrected chi connectivity index (χ0v) is 26.2. The van der Waals surface area contributed by atoms with Gasteiger partial charge in [0.05, 0.1) is 32.7 Å². The predicted molar refractivity (Wildman–Crippen MR) is 163 cm³/mol. The Morgan fingerprint density at radius 2 is 1.74 bits per heavy atom. The predicted octanol–water partition coefficient (Wildman–Crippen LogP) is 6.05. The number of nitrogens with zero attached hydrogens (tertiary/aromatic N) is 3. The lowest BCUT2D eigenvalue weighted by Gasteiger charge is -2.40. The normalized spacial score (nSPS) is 19.7. The fourth-order valence-electron chi connectivity index (χ4n) is 5.76. The topological polar surface area (TPSA) is 82.6 Å². The van der Waals surface area contributed by atoms with E-state index in [1.807, 2.05) is 56.1 Å². The number of pyridine rings is 1. The average molecular weight is 580 g/mol. The Labute approximate surface area is 250 Å². The van der Waals surface area contributed by atoms with Crippen LogP contribution in [0.2, 0.25) is 0 Å². The van der Waals surface area contributed by atoms with Crippen LogP contribution in [0.15, 0.2) is 60.2 Å². The molecule has 1 saturated heterocycles. The molecule has 1 fully saturated rings. The zero-order valence-electron chi connectivity index (χ0n) is 26.2. The summed E-state index contributed by atoms with van der Waals surface area (Å²) in [4.78, 5) is 21.7. The van der Waals surface area contributed by atoms with Crippen LogP contribution in [-0.2, 0) is 25.5 Å². The van der Waals surface area contributed by atoms with E-state index in [9.17, 15) is 4.79 Å². The van der Waals surface area contributed by atoms with Crippen LogP contribution in [0.3, 0.4) is 0 Å². The number of ether oxygens (including phenoxy) is 5. The van der Waals surface area contributed by atoms with Crippen LogP contribution in [0.1, 0.15) is 51.8 Å². The fraction of sp³-hybridized carbons (Fsp3) is 0.515. The molecule has 2 atom stereocenters. The van der Waals surface area contributed by atoms with Crippen molar-refractivity contribution < 1.29 is 28.5 Å². The van der Waals surface area contributed by atoms with E-state index in [1.165, 1.54) is 0 Å². The molecule has 1 aromatic heterocycles. The minimum Gasteiger partial charge on any atom is -0.495 e. The van der Waals surface area contributed by atoms with E-state index >= 15 is 0 Å². The first-order valence-electron chi connectivity index (χ1n) is 14.5. The summed E-state index contributed by atoms with van der Waals surface area (Å²) in [6.45, 7) is 9.70. The van der Waals surface area contributed by atoms with Gasteiger partial charge in [-0.2, -0.15) is 0 Å². The quantitative estimate of drug-likeness (QED) is 0.355. The molecule has 9 nitrogen and oxygen atoms in total. The number of rotatable bonds is 9. The molecule has 2 aliphatic rings. The maximum absolute atomic E-state index is 12.7. The van der Waals surface area contributed by atoms with Crippen LogP contribution in [0.5, 0.6) is 5.75 Å². The molecule has 1 amide bonds. The van der Waals surface area contributed by atoms with E-state index in [1.54, 1.807) is 28.4 Å². The minimum atomic E-state index is -0.518. The van der Waals surface area contributed by atoms with Crippen molar-refractivity contribution in [2.75, 3.05) is 46.4 Å². The van der Waals surface area contributed by atoms with Crippen LogP contribution in [0, 0.1) is 5.92 Å². The Balaban J connectivity index is 1.62. The standard InChI is InChI=1S/C33H45N3O6/c1-22-25(20-29(39-6)31(41-8)30(22)40-7)26-19-23(13-16-34-26)21-36(27-11-9-10-12-28(27)38-5)24-14-17-35(18-15-24)32(37)42-33(2,3)4/h9-13,16,19-20,22,24,30H,14-15,17-18,21H2,1-8H3. The Kier molecular flexibility index (Phi) is 10.0. The molecule has 2 aromatic rings. The van der Waals surface area contributed by atoms with Crippen molar-refractivity contribution in [3.63, 3.8) is 0 Å². The van der Waals surface area contributed by atoms with Crippen molar-refractivity contribution in [1.82, 2.24) is 9.88 Å². The number of carbonyl (C=O) groups is 1. The highest BCUT2D eigenvalue weighted by Gasteiger charge is 2.34. The van der Waals surface area contributed by atoms with Crippen LogP contribution in [0.4, 0.5) is 10.5 Å². The van der Waals surface area contributed by atoms with Gasteiger partial charge in [0.1, 0.15) is 17.5 Å². The molecule has 0 spiro atoms. The highest BCUT2D eigenvalue weighted by molar-refractivity contribution is 5.70. The molecule has 4 rings (SSSR count). The number of para-hydroxylation sites is 2. The number of benzene rings is 1. The second-order valence-electron chi connectivity index (χ2n) is 11.7. The van der Waals surface area contributed by atoms with Gasteiger partial charge in [-0.15, -0.1) is 0 Å². The highest BCUT2D eigenvalue weighted by Crippen LogP contribution is 2.38. The monoisotopic (exact) mass is 579 g/mol. The van der Waals surface area contributed by atoms with Gasteiger partial charge in [-0.3, -0.25) is 4.98 Å². The first-order valence-corrected chi connectivity index (χ1v) is 14.5. The Morgan fingerprint density at radius 1 is 1.02 bits per heavy atom. The lowest BCUT2D eigenvalue weighted by Crippen LogP contribution is -2.48. The van der Waals surface area contributed by atoms with Crippen molar-refractivity contribution in [2.24, 2.45) is 5.92 Å². The molecule has 42 heavy (non-hydrogen) atoms. The van der Waals surface area contributed by atoms with E-state index in [2.05, 4.69) is 30.0 Å². The van der Waals surface area contributed by atoms with Crippen molar-refractivity contribution >= 4 is 17.4 Å². The Morgan fingerprint density at radius 3 is 2.36 bits per heavy atom. The molecule has 0 saturated carbocycles. The van der Waals surface area contributed by atoms with Gasteiger partial charge in [0.25, 0.3) is 0 Å². The SMILES string of the molecule is COC1=C(OC)C(OC)C(C)C(c2cc(CN(c3ccccc3OC)C3CCN(C(=O)OC(C)(C)C)CC3)ccn2)=C1. The molecule has 0 bridgehead atoms. The number of allylic oxidation sites excluding steroid dienone is 1. The van der Waals surface area contributed by atoms with Crippen LogP contribution in [-0.4, -0.2) is 75.3 Å². The molecule has 228 valence electrons. The Bertz CT molecular complexity index is 1290. The number of piperidine rings is 1. The van der Waals surface area contributed by atoms with E-state index in [4.69, 9.17) is 28.7 Å². The lowest BCUT2D eigenvalue weighted by molar-refractivity contribution is 0.0204. The molecule has 9 heteroatoms. The molecule has 2 heterocycles. The van der Waals surface area contributed by atoms with Crippen molar-refractivity contribution in [3.8, 4) is 5.75 Å². The minimum absolute atomic E-state index is 0.00843. The summed E-state index contributed by atoms with van der Waals surface area (Å²) >= 11 is 0. The molecule has 0 N–H and O–H groups in total. The Hall–Kier alpha value is -3.72. The third kappa shape index (κ3) is 7.01. The van der Waals surface area contributed by atoms with Gasteiger partial charge in [0.15, 0.2) is 11.5 Å². The number of anilines is 1. The second kappa shape index (κ2) is 13.5. The fourth-order valence-corrected chi connectivity index (χ4v) is 5.76. The smallest absolute Gasteiger partial charge is 0.410 e. The highest BCUT2D eigenvalue weighted by atomic mass is 16.6. The second-order valence-corrected chi connectivity index (χ2v) is 11.7. The summed E-state index contributed by atoms with van der Waals surface area (Å²) in [7, 11) is 6.65. The molecule has 0 radical (unpaired) electrons. The van der Waals surface area contributed by atoms with Gasteiger partial charge in [-0.1, -0.05) is 19.1 Å². The van der Waals surface area contributed by atoms with Gasteiger partial charge < -0.3 is 33.5 Å². The number of hydrogen-bond acceptors (Lipinski definition) is 8. The molecule has 1 aliphatic heterocycles. The van der Waals surface area contributed by atoms with E-state index in [0.717, 1.165) is 41.1 Å². The molecule has 2 unspecified atom stereocenters. The first kappa shape index (κ1) is 31.2. The number of hydrogen-bond donors (Lipinski definition) is 0. The molecule has 1 aliphatic carbocycles. The van der Waals surface area contributed by atoms with Crippen LogP contribution >= 0.6 is 0 Å². The van der Waals surface area contributed by atoms with E-state index < -0.39 is 5.60 Å². The summed E-state index contributed by atoms with van der Waals surface area (Å²) in [5.41, 5.74) is 3.51. The van der Waals surface area contributed by atoms with Crippen molar-refractivity contribution in [3.05, 3.63) is 71.4 Å². The number of likely N-dealkylation sites (tertiary alicyclic amines) is 1. The number of aromatic nitrogens is 1. The number of methoxy groups -OCH3 is 4. The number of amides is 1. The third-order valence-electron chi connectivity index (χ3n) is 7.85. The summed E-state index contributed by atoms with van der Waals surface area (Å²) in [6, 6.07) is 12.5. The maximum atomic E-state index is 12.7. The van der Waals surface area contributed by atoms with Crippen molar-refractivity contribution in [2.45, 2.75) is 64.8 Å². The van der Waals surface area contributed by atoms with Gasteiger partial charge in [0.2, 0.25) is 0 Å². The summed E-state index contributed by atoms with van der Waals surface area (Å²) in [5.74, 6) is 2.13. The average Bonchev–Trinajstić information content (AvgIpc) is 2.99. The van der Waals surface area contributed by atoms with Crippen LogP contribution < -0.4 is 9.64 Å². The largest absolute Gasteiger partial charge is 0.495 e. The summed E-state index contributed by atoms with van der Waals surface area (Å²) in [6.07, 6.45) is 4.94. The summed E-state index contributed by atoms with van der Waals surface area (Å²) < 4.78 is 28.5. The van der Waals surface area contributed by atoms with Crippen molar-refractivity contribution in [1.29, 1.82) is 0 Å². The summed E-state index contributed by atoms with van der Waals surface area (Å²) in [5, 5.41) is 0. The van der Waals surface area contributed by atoms with Gasteiger partial charge in [-0.25, -0.2) is 4.79 Å². The third-order valence-corrected chi connectivity index (χ3v) is 7.85. The van der Waals surface area contributed by atoms with E-state index in [0.29, 0.717) is 31.2 Å². The molecular weight excluding hydrogens is 534 g/mol. The van der Waals surface area contributed by atoms with E-state index in [-0.39, 0.29) is 24.2 Å². The van der Waals surface area contributed by atoms with Gasteiger partial charge in [-0.05, 0) is 75.1 Å². The lowest BCUT2D eigenvalue weighted by atomic mass is 9.86. The molecule has 1 aromatic carbocycles. The van der Waals surface area contributed by atoms with Gasteiger partial charge in [0, 0.05) is 44.9 Å².